The SMILES string of the molecule is C=C1CC23CCC4C(C)(CCC(OC(=O)C=C(C)C)C4(C)C(=O)OC)C2CCC1C3. The van der Waals surface area contributed by atoms with Crippen molar-refractivity contribution in [3.63, 3.8) is 0 Å². The van der Waals surface area contributed by atoms with Crippen molar-refractivity contribution in [2.75, 3.05) is 7.11 Å². The third-order valence-corrected chi connectivity index (χ3v) is 9.50. The number of hydrogen-bond acceptors (Lipinski definition) is 4. The van der Waals surface area contributed by atoms with E-state index >= 15 is 0 Å². The summed E-state index contributed by atoms with van der Waals surface area (Å²) < 4.78 is 11.2. The molecule has 0 heterocycles. The maximum atomic E-state index is 13.2. The van der Waals surface area contributed by atoms with E-state index in [-0.39, 0.29) is 23.3 Å². The molecule has 0 aromatic carbocycles. The van der Waals surface area contributed by atoms with Gasteiger partial charge in [0.05, 0.1) is 7.11 Å². The monoisotopic (exact) mass is 414 g/mol. The Hall–Kier alpha value is -1.58. The number of ether oxygens (including phenoxy) is 2. The molecule has 0 saturated heterocycles. The Morgan fingerprint density at radius 1 is 1.07 bits per heavy atom. The summed E-state index contributed by atoms with van der Waals surface area (Å²) >= 11 is 0. The zero-order chi connectivity index (χ0) is 21.9. The number of fused-ring (bicyclic) bond motifs is 3. The van der Waals surface area contributed by atoms with Gasteiger partial charge in [-0.3, -0.25) is 4.79 Å². The van der Waals surface area contributed by atoms with E-state index in [9.17, 15) is 9.59 Å². The lowest BCUT2D eigenvalue weighted by Gasteiger charge is -2.64. The summed E-state index contributed by atoms with van der Waals surface area (Å²) in [6.45, 7) is 12.6. The van der Waals surface area contributed by atoms with Gasteiger partial charge in [-0.2, -0.15) is 0 Å². The molecule has 4 rings (SSSR count). The lowest BCUT2D eigenvalue weighted by Crippen LogP contribution is -2.63. The molecule has 0 radical (unpaired) electrons. The van der Waals surface area contributed by atoms with Crippen LogP contribution in [-0.2, 0) is 19.1 Å². The van der Waals surface area contributed by atoms with Gasteiger partial charge in [-0.15, -0.1) is 0 Å². The number of rotatable bonds is 3. The molecule has 4 nitrogen and oxygen atoms in total. The predicted octanol–water partition coefficient (Wildman–Crippen LogP) is 5.62. The van der Waals surface area contributed by atoms with E-state index in [4.69, 9.17) is 9.47 Å². The fourth-order valence-corrected chi connectivity index (χ4v) is 8.33. The third kappa shape index (κ3) is 3.00. The molecule has 4 heteroatoms. The molecule has 30 heavy (non-hydrogen) atoms. The molecule has 7 atom stereocenters. The average Bonchev–Trinajstić information content (AvgIpc) is 2.91. The maximum Gasteiger partial charge on any atom is 0.330 e. The lowest BCUT2D eigenvalue weighted by atomic mass is 9.40. The van der Waals surface area contributed by atoms with Crippen molar-refractivity contribution < 1.29 is 19.1 Å². The Bertz CT molecular complexity index is 793. The first-order chi connectivity index (χ1) is 14.1. The van der Waals surface area contributed by atoms with Gasteiger partial charge in [-0.1, -0.05) is 24.6 Å². The molecule has 7 unspecified atom stereocenters. The Balaban J connectivity index is 1.69. The van der Waals surface area contributed by atoms with E-state index in [2.05, 4.69) is 13.5 Å². The van der Waals surface area contributed by atoms with E-state index in [0.717, 1.165) is 31.3 Å². The van der Waals surface area contributed by atoms with Crippen molar-refractivity contribution in [2.24, 2.45) is 34.0 Å². The normalized spacial score (nSPS) is 44.5. The Morgan fingerprint density at radius 2 is 1.80 bits per heavy atom. The fourth-order valence-electron chi connectivity index (χ4n) is 8.33. The highest BCUT2D eigenvalue weighted by Gasteiger charge is 2.68. The molecule has 2 bridgehead atoms. The molecular formula is C26H38O4. The van der Waals surface area contributed by atoms with Crippen LogP contribution in [0.2, 0.25) is 0 Å². The maximum absolute atomic E-state index is 13.2. The van der Waals surface area contributed by atoms with Crippen molar-refractivity contribution in [1.82, 2.24) is 0 Å². The topological polar surface area (TPSA) is 52.6 Å². The van der Waals surface area contributed by atoms with Gasteiger partial charge < -0.3 is 9.47 Å². The van der Waals surface area contributed by atoms with Gasteiger partial charge in [0.1, 0.15) is 11.5 Å². The molecule has 4 fully saturated rings. The van der Waals surface area contributed by atoms with E-state index < -0.39 is 11.5 Å². The highest BCUT2D eigenvalue weighted by atomic mass is 16.6. The van der Waals surface area contributed by atoms with E-state index in [1.165, 1.54) is 44.4 Å². The molecule has 166 valence electrons. The number of carbonyl (C=O) groups excluding carboxylic acids is 2. The first-order valence-corrected chi connectivity index (χ1v) is 11.7. The second-order valence-corrected chi connectivity index (χ2v) is 11.3. The first kappa shape index (κ1) is 21.6. The molecular weight excluding hydrogens is 376 g/mol. The van der Waals surface area contributed by atoms with Crippen LogP contribution in [0.25, 0.3) is 0 Å². The van der Waals surface area contributed by atoms with Gasteiger partial charge >= 0.3 is 11.9 Å². The second-order valence-electron chi connectivity index (χ2n) is 11.3. The summed E-state index contributed by atoms with van der Waals surface area (Å²) in [6.07, 6.45) is 9.87. The molecule has 0 aromatic rings. The van der Waals surface area contributed by atoms with Crippen LogP contribution >= 0.6 is 0 Å². The Kier molecular flexibility index (Phi) is 5.22. The average molecular weight is 415 g/mol. The summed E-state index contributed by atoms with van der Waals surface area (Å²) in [5.41, 5.74) is 1.99. The van der Waals surface area contributed by atoms with Gasteiger partial charge in [0.25, 0.3) is 0 Å². The molecule has 1 spiro atoms. The van der Waals surface area contributed by atoms with E-state index in [0.29, 0.717) is 17.3 Å². The molecule has 4 aliphatic rings. The van der Waals surface area contributed by atoms with Crippen LogP contribution in [0.3, 0.4) is 0 Å². The summed E-state index contributed by atoms with van der Waals surface area (Å²) in [5.74, 6) is 0.900. The molecule has 0 aromatic heterocycles. The Labute approximate surface area is 181 Å². The summed E-state index contributed by atoms with van der Waals surface area (Å²) in [5, 5.41) is 0. The molecule has 4 aliphatic carbocycles. The third-order valence-electron chi connectivity index (χ3n) is 9.50. The molecule has 0 amide bonds. The summed E-state index contributed by atoms with van der Waals surface area (Å²) in [4.78, 5) is 25.7. The minimum absolute atomic E-state index is 0.0657. The van der Waals surface area contributed by atoms with Gasteiger partial charge in [0.2, 0.25) is 0 Å². The van der Waals surface area contributed by atoms with Gasteiger partial charge in [0.15, 0.2) is 0 Å². The summed E-state index contributed by atoms with van der Waals surface area (Å²) in [6, 6.07) is 0. The minimum Gasteiger partial charge on any atom is -0.468 e. The number of allylic oxidation sites excluding steroid dienone is 2. The van der Waals surface area contributed by atoms with Crippen molar-refractivity contribution in [3.8, 4) is 0 Å². The molecule has 4 saturated carbocycles. The molecule has 0 N–H and O–H groups in total. The number of carbonyl (C=O) groups is 2. The highest BCUT2D eigenvalue weighted by molar-refractivity contribution is 5.84. The Morgan fingerprint density at radius 3 is 2.47 bits per heavy atom. The van der Waals surface area contributed by atoms with Crippen LogP contribution in [-0.4, -0.2) is 25.2 Å². The first-order valence-electron chi connectivity index (χ1n) is 11.7. The lowest BCUT2D eigenvalue weighted by molar-refractivity contribution is -0.213. The van der Waals surface area contributed by atoms with Crippen LogP contribution in [0.1, 0.15) is 79.1 Å². The number of methoxy groups -OCH3 is 1. The smallest absolute Gasteiger partial charge is 0.330 e. The largest absolute Gasteiger partial charge is 0.468 e. The highest BCUT2D eigenvalue weighted by Crippen LogP contribution is 2.72. The van der Waals surface area contributed by atoms with Crippen LogP contribution < -0.4 is 0 Å². The van der Waals surface area contributed by atoms with Crippen LogP contribution in [0.4, 0.5) is 0 Å². The van der Waals surface area contributed by atoms with Crippen molar-refractivity contribution in [1.29, 1.82) is 0 Å². The van der Waals surface area contributed by atoms with E-state index in [1.54, 1.807) is 0 Å². The van der Waals surface area contributed by atoms with Crippen LogP contribution in [0.15, 0.2) is 23.8 Å². The van der Waals surface area contributed by atoms with Crippen LogP contribution in [0, 0.1) is 34.0 Å². The van der Waals surface area contributed by atoms with E-state index in [1.807, 2.05) is 20.8 Å². The van der Waals surface area contributed by atoms with Crippen LogP contribution in [0.5, 0.6) is 0 Å². The van der Waals surface area contributed by atoms with Crippen molar-refractivity contribution >= 4 is 11.9 Å². The summed E-state index contributed by atoms with van der Waals surface area (Å²) in [7, 11) is 1.46. The second kappa shape index (κ2) is 7.24. The standard InChI is InChI=1S/C26H38O4/c1-16(2)13-22(27)30-21-10-11-24(4)19(25(21,5)23(28)29-6)9-12-26-14-17(3)18(15-26)7-8-20(24)26/h13,18-21H,3,7-12,14-15H2,1-2,4-6H3. The number of hydrogen-bond donors (Lipinski definition) is 0. The quantitative estimate of drug-likeness (QED) is 0.342. The number of esters is 2. The fraction of sp³-hybridized carbons (Fsp3) is 0.769. The zero-order valence-corrected chi connectivity index (χ0v) is 19.4. The minimum atomic E-state index is -0.805. The van der Waals surface area contributed by atoms with Crippen molar-refractivity contribution in [3.05, 3.63) is 23.8 Å². The van der Waals surface area contributed by atoms with Gasteiger partial charge in [-0.25, -0.2) is 4.79 Å². The molecule has 0 aliphatic heterocycles. The van der Waals surface area contributed by atoms with Crippen molar-refractivity contribution in [2.45, 2.75) is 85.2 Å². The predicted molar refractivity (Wildman–Crippen MR) is 117 cm³/mol. The van der Waals surface area contributed by atoms with Gasteiger partial charge in [0, 0.05) is 6.08 Å². The zero-order valence-electron chi connectivity index (χ0n) is 19.4. The van der Waals surface area contributed by atoms with Gasteiger partial charge in [-0.05, 0) is 101 Å².